The van der Waals surface area contributed by atoms with Gasteiger partial charge in [-0.25, -0.2) is 83.6 Å². The number of nitrogens with one attached hydrogen (secondary N) is 1. The Balaban J connectivity index is 0.000000147. The largest absolute Gasteiger partial charge is 0.485 e. The highest BCUT2D eigenvalue weighted by Crippen LogP contribution is 2.52. The van der Waals surface area contributed by atoms with Crippen molar-refractivity contribution in [3.63, 3.8) is 0 Å². The number of ether oxygens (including phenoxy) is 4. The molecular formula is C102H92Cl4F6N22O11S2. The molecule has 2 aliphatic carbocycles. The second-order valence-corrected chi connectivity index (χ2v) is 41.1. The first kappa shape index (κ1) is 106. The second kappa shape index (κ2) is 43.8. The molecule has 0 aliphatic heterocycles. The molecule has 16 heterocycles. The van der Waals surface area contributed by atoms with E-state index in [2.05, 4.69) is 79.7 Å². The zero-order chi connectivity index (χ0) is 106. The van der Waals surface area contributed by atoms with E-state index < -0.39 is 82.5 Å². The molecule has 0 amide bonds. The standard InChI is InChI=1S/C27H23ClF3N5O2.C26H24ClFN6O2.C25H23ClFN5O4S.C24H22ClFN6O3S/c1-14-8-17(29)20(33-11-14)13-38-22-9-16(3)36(24(37)23(22)28)21-10-19(34-12-15(21)2)18-4-7-32-26(35-18)27(5-6-27)25(30)31;1-14-8-17(28)20(31-11-14)13-36-22-9-16(3)34(24(35)23(22)27)21-10-19(32-12-15(21)2)18-4-7-30-25(33-18)26(29)5-6-26;1-14-7-17(27)20(29-10-14)12-36-22-8-16(3)32(25(33)24(22)26)21-9-19(30-11-15(21)2)18-5-6-28-23(31-18)13-37(4,34)35;1-13-7-16(26)19(29-10-13)12-35-21-8-15(3)32(23(33)22(21)25)20-9-18(30-11-14(20)2)17-5-6-28-24(31-17)36(4,27)34/h4,7-12,25H,5-6,13H2,1-3H3;4,7-12H,5-6,13,29H2,1-3H3;5-11H,12-13H2,1-4H3;5-11,27H,12H2,1-4H3. The number of halogens is 10. The first-order chi connectivity index (χ1) is 69.6. The van der Waals surface area contributed by atoms with Crippen LogP contribution in [0.5, 0.6) is 23.0 Å². The Labute approximate surface area is 857 Å². The molecule has 1 atom stereocenters. The van der Waals surface area contributed by atoms with Gasteiger partial charge in [-0.1, -0.05) is 46.4 Å². The number of hydrogen-bond acceptors (Lipinski definition) is 29. The van der Waals surface area contributed by atoms with Crippen molar-refractivity contribution in [1.29, 1.82) is 4.78 Å². The molecule has 18 rings (SSSR count). The van der Waals surface area contributed by atoms with Gasteiger partial charge in [-0.3, -0.25) is 77.3 Å². The lowest BCUT2D eigenvalue weighted by Gasteiger charge is -2.17. The van der Waals surface area contributed by atoms with Gasteiger partial charge in [0.15, 0.2) is 9.84 Å². The summed E-state index contributed by atoms with van der Waals surface area (Å²) >= 11 is 25.6. The van der Waals surface area contributed by atoms with Crippen LogP contribution in [0.25, 0.3) is 68.3 Å². The minimum Gasteiger partial charge on any atom is -0.485 e. The van der Waals surface area contributed by atoms with Gasteiger partial charge in [0.2, 0.25) is 5.16 Å². The highest BCUT2D eigenvalue weighted by atomic mass is 35.5. The fraction of sp³-hybridized carbons (Fsp3) is 0.255. The summed E-state index contributed by atoms with van der Waals surface area (Å²) in [4.78, 5) is 121. The summed E-state index contributed by atoms with van der Waals surface area (Å²) in [7, 11) is -6.45. The molecule has 2 saturated carbocycles. The molecule has 16 aromatic heterocycles. The fourth-order valence-electron chi connectivity index (χ4n) is 15.2. The zero-order valence-corrected chi connectivity index (χ0v) is 85.9. The van der Waals surface area contributed by atoms with Crippen molar-refractivity contribution in [2.75, 3.05) is 12.5 Å². The predicted octanol–water partition coefficient (Wildman–Crippen LogP) is 18.3. The quantitative estimate of drug-likeness (QED) is 0.0375. The van der Waals surface area contributed by atoms with Crippen molar-refractivity contribution < 1.29 is 57.9 Å². The number of nitrogens with two attached hydrogens (primary N) is 1. The Kier molecular flexibility index (Phi) is 31.7. The van der Waals surface area contributed by atoms with E-state index in [0.717, 1.165) is 24.7 Å². The van der Waals surface area contributed by atoms with Gasteiger partial charge in [0.1, 0.15) is 149 Å². The number of sulfone groups is 1. The molecule has 2 aliphatic rings. The molecule has 758 valence electrons. The molecule has 0 spiro atoms. The summed E-state index contributed by atoms with van der Waals surface area (Å²) in [5.74, 6) is -1.03. The third-order valence-corrected chi connectivity index (χ3v) is 26.5. The van der Waals surface area contributed by atoms with Crippen molar-refractivity contribution in [1.82, 2.24) is 98.0 Å². The number of hydrogen-bond donors (Lipinski definition) is 2. The number of aryl methyl sites for hydroxylation is 12. The first-order valence-electron chi connectivity index (χ1n) is 45.0. The van der Waals surface area contributed by atoms with Crippen LogP contribution >= 0.6 is 46.4 Å². The molecule has 3 N–H and O–H groups in total. The summed E-state index contributed by atoms with van der Waals surface area (Å²) in [6.45, 7) is 20.3. The van der Waals surface area contributed by atoms with Crippen LogP contribution in [0.1, 0.15) is 133 Å². The van der Waals surface area contributed by atoms with Gasteiger partial charge >= 0.3 is 0 Å². The van der Waals surface area contributed by atoms with Crippen LogP contribution < -0.4 is 46.9 Å². The molecule has 0 radical (unpaired) electrons. The highest BCUT2D eigenvalue weighted by Gasteiger charge is 2.55. The van der Waals surface area contributed by atoms with Crippen LogP contribution in [0, 0.1) is 111 Å². The summed E-state index contributed by atoms with van der Waals surface area (Å²) < 4.78 is 155. The number of alkyl halides is 2. The lowest BCUT2D eigenvalue weighted by molar-refractivity contribution is 0.0977. The van der Waals surface area contributed by atoms with Gasteiger partial charge in [-0.15, -0.1) is 0 Å². The molecular weight excluding hydrogens is 2030 g/mol. The monoisotopic (exact) mass is 2120 g/mol. The molecule has 147 heavy (non-hydrogen) atoms. The average Bonchev–Trinajstić information content (AvgIpc) is 1.58. The summed E-state index contributed by atoms with van der Waals surface area (Å²) in [5.41, 5.74) is 16.1. The number of pyridine rings is 12. The molecule has 2 fully saturated rings. The Morgan fingerprint density at radius 2 is 0.646 bits per heavy atom. The smallest absolute Gasteiger partial charge is 0.277 e. The van der Waals surface area contributed by atoms with Gasteiger partial charge < -0.3 is 24.7 Å². The third-order valence-electron chi connectivity index (χ3n) is 23.5. The molecule has 0 saturated heterocycles. The Bertz CT molecular complexity index is 8420. The number of nitrogens with zero attached hydrogens (tertiary/aromatic N) is 20. The predicted molar refractivity (Wildman–Crippen MR) is 540 cm³/mol. The molecule has 16 aromatic rings. The Morgan fingerprint density at radius 3 is 0.925 bits per heavy atom. The van der Waals surface area contributed by atoms with Crippen LogP contribution in [0.3, 0.4) is 0 Å². The lowest BCUT2D eigenvalue weighted by Crippen LogP contribution is -2.23. The maximum Gasteiger partial charge on any atom is 0.277 e. The number of rotatable bonds is 26. The normalized spacial score (nSPS) is 13.1. The zero-order valence-electron chi connectivity index (χ0n) is 81.2. The van der Waals surface area contributed by atoms with Crippen LogP contribution in [-0.2, 0) is 62.7 Å². The van der Waals surface area contributed by atoms with Crippen molar-refractivity contribution in [2.45, 2.75) is 163 Å². The van der Waals surface area contributed by atoms with Crippen LogP contribution in [0.2, 0.25) is 20.1 Å². The van der Waals surface area contributed by atoms with Crippen molar-refractivity contribution >= 4 is 66.0 Å². The Morgan fingerprint density at radius 1 is 0.367 bits per heavy atom. The fourth-order valence-corrected chi connectivity index (χ4v) is 17.1. The lowest BCUT2D eigenvalue weighted by atomic mass is 10.1. The molecule has 33 nitrogen and oxygen atoms in total. The topological polar surface area (TPSA) is 432 Å². The summed E-state index contributed by atoms with van der Waals surface area (Å²) in [6, 6.07) is 25.1. The number of aromatic nitrogens is 20. The van der Waals surface area contributed by atoms with E-state index in [9.17, 15) is 58.1 Å². The van der Waals surface area contributed by atoms with E-state index in [1.54, 1.807) is 186 Å². The maximum atomic E-state index is 14.2. The van der Waals surface area contributed by atoms with E-state index in [4.69, 9.17) is 75.9 Å². The minimum atomic E-state index is -3.32. The molecule has 0 bridgehead atoms. The summed E-state index contributed by atoms with van der Waals surface area (Å²) in [5, 5.41) is -0.753. The van der Waals surface area contributed by atoms with Crippen LogP contribution in [0.4, 0.5) is 26.3 Å². The van der Waals surface area contributed by atoms with Gasteiger partial charge in [-0.05, 0) is 226 Å². The molecule has 45 heteroatoms. The first-order valence-corrected chi connectivity index (χ1v) is 50.5. The van der Waals surface area contributed by atoms with E-state index in [0.29, 0.717) is 149 Å². The summed E-state index contributed by atoms with van der Waals surface area (Å²) in [6.07, 6.45) is 20.6. The van der Waals surface area contributed by atoms with Gasteiger partial charge in [-0.2, -0.15) is 0 Å². The van der Waals surface area contributed by atoms with Gasteiger partial charge in [0.25, 0.3) is 28.7 Å². The van der Waals surface area contributed by atoms with Crippen molar-refractivity contribution in [3.8, 4) is 91.3 Å². The highest BCUT2D eigenvalue weighted by molar-refractivity contribution is 7.91. The van der Waals surface area contributed by atoms with Crippen molar-refractivity contribution in [3.05, 3.63) is 364 Å². The van der Waals surface area contributed by atoms with Gasteiger partial charge in [0, 0.05) is 134 Å². The average molecular weight is 2120 g/mol. The van der Waals surface area contributed by atoms with E-state index in [1.807, 2.05) is 6.92 Å². The molecule has 0 aromatic carbocycles. The van der Waals surface area contributed by atoms with Gasteiger partial charge in [0.05, 0.1) is 79.3 Å². The van der Waals surface area contributed by atoms with E-state index >= 15 is 0 Å². The van der Waals surface area contributed by atoms with Crippen LogP contribution in [0.15, 0.2) is 196 Å². The third kappa shape index (κ3) is 24.3. The van der Waals surface area contributed by atoms with E-state index in [-0.39, 0.29) is 115 Å². The SMILES string of the molecule is Cc1cnc(COc2cc(C)n(-c3cc(-c4ccnc(C5(C(F)F)CC5)n4)ncc3C)c(=O)c2Cl)c(F)c1.Cc1cnc(COc2cc(C)n(-c3cc(-c4ccnc(C5(N)CC5)n4)ncc3C)c(=O)c2Cl)c(F)c1.Cc1cnc(COc2cc(C)n(-c3cc(-c4ccnc(CS(C)(=O)=O)n4)ncc3C)c(=O)c2Cl)c(F)c1.Cc1cnc(COc2cc(C)n(-c3cc(-c4ccnc(S(C)(=N)=O)n4)ncc3C)c(=O)c2Cl)c(F)c1. The maximum absolute atomic E-state index is 14.2. The van der Waals surface area contributed by atoms with Crippen LogP contribution in [-0.4, -0.2) is 130 Å². The second-order valence-electron chi connectivity index (χ2n) is 35.4. The molecule has 1 unspecified atom stereocenters. The van der Waals surface area contributed by atoms with Crippen molar-refractivity contribution in [2.24, 2.45) is 5.73 Å². The van der Waals surface area contributed by atoms with E-state index in [1.165, 1.54) is 86.0 Å². The Hall–Kier alpha value is -14.9. The minimum absolute atomic E-state index is 0.0892.